The molecule has 0 radical (unpaired) electrons. The molecule has 3 rings (SSSR count). The van der Waals surface area contributed by atoms with Gasteiger partial charge in [0.05, 0.1) is 17.9 Å². The number of aromatic nitrogens is 4. The highest BCUT2D eigenvalue weighted by Gasteiger charge is 2.23. The van der Waals surface area contributed by atoms with Crippen molar-refractivity contribution in [3.63, 3.8) is 0 Å². The second-order valence-corrected chi connectivity index (χ2v) is 5.77. The molecule has 0 spiro atoms. The lowest BCUT2D eigenvalue weighted by Crippen LogP contribution is -2.36. The summed E-state index contributed by atoms with van der Waals surface area (Å²) in [5.74, 6) is 0. The van der Waals surface area contributed by atoms with Crippen molar-refractivity contribution in [1.82, 2.24) is 19.6 Å². The van der Waals surface area contributed by atoms with Crippen molar-refractivity contribution in [1.29, 1.82) is 0 Å². The lowest BCUT2D eigenvalue weighted by atomic mass is 10.1. The zero-order chi connectivity index (χ0) is 14.1. The minimum Gasteiger partial charge on any atom is -0.369 e. The molecule has 0 amide bonds. The molecule has 3 heterocycles. The first-order chi connectivity index (χ1) is 9.66. The van der Waals surface area contributed by atoms with Gasteiger partial charge in [0.1, 0.15) is 4.47 Å². The Morgan fingerprint density at radius 1 is 1.30 bits per heavy atom. The molecule has 1 aliphatic rings. The summed E-state index contributed by atoms with van der Waals surface area (Å²) < 4.78 is 3.95. The molecule has 7 heteroatoms. The van der Waals surface area contributed by atoms with Gasteiger partial charge in [-0.1, -0.05) is 0 Å². The topological polar surface area (TPSA) is 56.0 Å². The van der Waals surface area contributed by atoms with Crippen LogP contribution in [0.4, 0.5) is 5.69 Å². The molecule has 6 nitrogen and oxygen atoms in total. The number of piperidine rings is 1. The molecule has 0 bridgehead atoms. The third-order valence-electron chi connectivity index (χ3n) is 3.76. The number of rotatable bonds is 2. The van der Waals surface area contributed by atoms with E-state index in [1.165, 1.54) is 4.68 Å². The van der Waals surface area contributed by atoms with Crippen LogP contribution < -0.4 is 10.5 Å². The Hall–Kier alpha value is -1.63. The minimum atomic E-state index is -0.100. The predicted octanol–water partition coefficient (Wildman–Crippen LogP) is 1.58. The van der Waals surface area contributed by atoms with Crippen molar-refractivity contribution in [2.75, 3.05) is 18.0 Å². The van der Waals surface area contributed by atoms with E-state index >= 15 is 0 Å². The molecule has 0 atom stereocenters. The van der Waals surface area contributed by atoms with Crippen LogP contribution in [0.5, 0.6) is 0 Å². The second kappa shape index (κ2) is 5.40. The molecular formula is C13H16BrN5O. The van der Waals surface area contributed by atoms with Crippen LogP contribution in [-0.4, -0.2) is 32.7 Å². The van der Waals surface area contributed by atoms with Crippen molar-refractivity contribution in [2.24, 2.45) is 7.05 Å². The molecule has 1 fully saturated rings. The molecule has 0 unspecified atom stereocenters. The zero-order valence-electron chi connectivity index (χ0n) is 11.2. The first kappa shape index (κ1) is 13.4. The van der Waals surface area contributed by atoms with Gasteiger partial charge in [0, 0.05) is 32.5 Å². The van der Waals surface area contributed by atoms with Crippen LogP contribution in [-0.2, 0) is 7.05 Å². The number of hydrogen-bond acceptors (Lipinski definition) is 4. The van der Waals surface area contributed by atoms with E-state index in [4.69, 9.17) is 0 Å². The van der Waals surface area contributed by atoms with Gasteiger partial charge in [-0.25, -0.2) is 4.68 Å². The van der Waals surface area contributed by atoms with Gasteiger partial charge in [-0.15, -0.1) is 0 Å². The van der Waals surface area contributed by atoms with Crippen LogP contribution in [0.2, 0.25) is 0 Å². The lowest BCUT2D eigenvalue weighted by Gasteiger charge is -2.33. The van der Waals surface area contributed by atoms with Crippen LogP contribution in [0, 0.1) is 0 Å². The molecule has 1 aliphatic heterocycles. The Morgan fingerprint density at radius 2 is 2.05 bits per heavy atom. The lowest BCUT2D eigenvalue weighted by molar-refractivity contribution is 0.366. The van der Waals surface area contributed by atoms with E-state index in [0.717, 1.165) is 31.6 Å². The monoisotopic (exact) mass is 337 g/mol. The molecule has 0 N–H and O–H groups in total. The average molecular weight is 338 g/mol. The van der Waals surface area contributed by atoms with Crippen LogP contribution in [0.3, 0.4) is 0 Å². The average Bonchev–Trinajstić information content (AvgIpc) is 3.00. The third-order valence-corrected chi connectivity index (χ3v) is 4.51. The molecule has 0 aromatic carbocycles. The predicted molar refractivity (Wildman–Crippen MR) is 79.9 cm³/mol. The summed E-state index contributed by atoms with van der Waals surface area (Å²) in [4.78, 5) is 14.1. The molecule has 0 saturated carbocycles. The maximum absolute atomic E-state index is 11.9. The summed E-state index contributed by atoms with van der Waals surface area (Å²) in [6.07, 6.45) is 7.61. The number of nitrogens with zero attached hydrogens (tertiary/aromatic N) is 5. The maximum Gasteiger partial charge on any atom is 0.282 e. The first-order valence-corrected chi connectivity index (χ1v) is 7.42. The molecular weight excluding hydrogens is 322 g/mol. The zero-order valence-corrected chi connectivity index (χ0v) is 12.8. The van der Waals surface area contributed by atoms with Gasteiger partial charge in [-0.05, 0) is 34.8 Å². The quantitative estimate of drug-likeness (QED) is 0.834. The van der Waals surface area contributed by atoms with Crippen molar-refractivity contribution < 1.29 is 0 Å². The van der Waals surface area contributed by atoms with Crippen LogP contribution in [0.25, 0.3) is 0 Å². The van der Waals surface area contributed by atoms with Gasteiger partial charge >= 0.3 is 0 Å². The molecule has 2 aromatic rings. The normalized spacial score (nSPS) is 16.6. The number of halogens is 1. The van der Waals surface area contributed by atoms with Crippen molar-refractivity contribution >= 4 is 21.6 Å². The summed E-state index contributed by atoms with van der Waals surface area (Å²) in [5.41, 5.74) is 0.781. The van der Waals surface area contributed by atoms with Crippen molar-refractivity contribution in [2.45, 2.75) is 18.9 Å². The fourth-order valence-electron chi connectivity index (χ4n) is 2.59. The van der Waals surface area contributed by atoms with E-state index in [-0.39, 0.29) is 5.56 Å². The van der Waals surface area contributed by atoms with Gasteiger partial charge in [-0.3, -0.25) is 9.48 Å². The van der Waals surface area contributed by atoms with E-state index in [2.05, 4.69) is 31.0 Å². The van der Waals surface area contributed by atoms with E-state index < -0.39 is 0 Å². The molecule has 20 heavy (non-hydrogen) atoms. The Balaban J connectivity index is 1.76. The fourth-order valence-corrected chi connectivity index (χ4v) is 3.20. The van der Waals surface area contributed by atoms with Crippen LogP contribution in [0.15, 0.2) is 33.9 Å². The first-order valence-electron chi connectivity index (χ1n) is 6.62. The Kier molecular flexibility index (Phi) is 3.60. The van der Waals surface area contributed by atoms with Crippen molar-refractivity contribution in [3.05, 3.63) is 39.5 Å². The minimum absolute atomic E-state index is 0.100. The summed E-state index contributed by atoms with van der Waals surface area (Å²) in [6, 6.07) is 2.40. The maximum atomic E-state index is 11.9. The Labute approximate surface area is 125 Å². The number of hydrogen-bond donors (Lipinski definition) is 0. The highest BCUT2D eigenvalue weighted by atomic mass is 79.9. The van der Waals surface area contributed by atoms with E-state index in [1.807, 2.05) is 23.1 Å². The van der Waals surface area contributed by atoms with E-state index in [1.54, 1.807) is 13.2 Å². The van der Waals surface area contributed by atoms with E-state index in [9.17, 15) is 4.79 Å². The van der Waals surface area contributed by atoms with Gasteiger partial charge < -0.3 is 4.90 Å². The van der Waals surface area contributed by atoms with Crippen LogP contribution >= 0.6 is 15.9 Å². The summed E-state index contributed by atoms with van der Waals surface area (Å²) in [7, 11) is 1.65. The third kappa shape index (κ3) is 2.37. The molecule has 0 aliphatic carbocycles. The standard InChI is InChI=1S/C13H16BrN5O/c1-17-13(20)12(14)11(9-16-17)18-7-3-10(4-8-18)19-6-2-5-15-19/h2,5-6,9-10H,3-4,7-8H2,1H3. The largest absolute Gasteiger partial charge is 0.369 e. The van der Waals surface area contributed by atoms with Gasteiger partial charge in [0.25, 0.3) is 5.56 Å². The SMILES string of the molecule is Cn1ncc(N2CCC(n3cccn3)CC2)c(Br)c1=O. The Morgan fingerprint density at radius 3 is 2.70 bits per heavy atom. The second-order valence-electron chi connectivity index (χ2n) is 4.98. The smallest absolute Gasteiger partial charge is 0.282 e. The summed E-state index contributed by atoms with van der Waals surface area (Å²) in [5, 5.41) is 8.40. The highest BCUT2D eigenvalue weighted by molar-refractivity contribution is 9.10. The Bertz CT molecular complexity index is 643. The molecule has 1 saturated heterocycles. The van der Waals surface area contributed by atoms with Crippen LogP contribution in [0.1, 0.15) is 18.9 Å². The van der Waals surface area contributed by atoms with Gasteiger partial charge in [0.15, 0.2) is 0 Å². The van der Waals surface area contributed by atoms with Crippen molar-refractivity contribution in [3.8, 4) is 0 Å². The summed E-state index contributed by atoms with van der Waals surface area (Å²) in [6.45, 7) is 1.80. The molecule has 106 valence electrons. The van der Waals surface area contributed by atoms with Gasteiger partial charge in [0.2, 0.25) is 0 Å². The number of aryl methyl sites for hydroxylation is 1. The highest BCUT2D eigenvalue weighted by Crippen LogP contribution is 2.28. The fraction of sp³-hybridized carbons (Fsp3) is 0.462. The van der Waals surface area contributed by atoms with Gasteiger partial charge in [-0.2, -0.15) is 10.2 Å². The molecule has 2 aromatic heterocycles. The summed E-state index contributed by atoms with van der Waals surface area (Å²) >= 11 is 3.39. The van der Waals surface area contributed by atoms with E-state index in [0.29, 0.717) is 10.5 Å². The number of anilines is 1.